The van der Waals surface area contributed by atoms with Gasteiger partial charge in [-0.2, -0.15) is 18.3 Å². The zero-order valence-electron chi connectivity index (χ0n) is 10.8. The molecular formula is C13H10F3N3OS. The number of hydrogen-bond acceptors (Lipinski definition) is 4. The number of pyridine rings is 1. The van der Waals surface area contributed by atoms with Gasteiger partial charge in [-0.05, 0) is 23.1 Å². The van der Waals surface area contributed by atoms with Gasteiger partial charge in [0.15, 0.2) is 6.10 Å². The van der Waals surface area contributed by atoms with Crippen molar-refractivity contribution in [2.45, 2.75) is 12.3 Å². The molecule has 8 heteroatoms. The number of alkyl halides is 3. The number of aliphatic hydroxyl groups excluding tert-OH is 1. The third-order valence-electron chi connectivity index (χ3n) is 3.13. The van der Waals surface area contributed by atoms with E-state index in [1.54, 1.807) is 35.6 Å². The van der Waals surface area contributed by atoms with Gasteiger partial charge in [-0.1, -0.05) is 0 Å². The zero-order chi connectivity index (χ0) is 15.2. The lowest BCUT2D eigenvalue weighted by Crippen LogP contribution is -2.18. The molecule has 0 aliphatic carbocycles. The second-order valence-electron chi connectivity index (χ2n) is 4.58. The van der Waals surface area contributed by atoms with E-state index in [1.165, 1.54) is 6.07 Å². The van der Waals surface area contributed by atoms with E-state index in [9.17, 15) is 18.3 Å². The molecule has 0 saturated heterocycles. The Kier molecular flexibility index (Phi) is 3.22. The van der Waals surface area contributed by atoms with Crippen LogP contribution in [0.2, 0.25) is 0 Å². The molecule has 3 aromatic heterocycles. The highest BCUT2D eigenvalue weighted by Gasteiger charge is 2.40. The fourth-order valence-corrected chi connectivity index (χ4v) is 2.92. The molecule has 0 radical (unpaired) electrons. The van der Waals surface area contributed by atoms with Crippen LogP contribution in [-0.2, 0) is 7.05 Å². The topological polar surface area (TPSA) is 50.9 Å². The van der Waals surface area contributed by atoms with Gasteiger partial charge >= 0.3 is 6.18 Å². The van der Waals surface area contributed by atoms with Gasteiger partial charge in [0, 0.05) is 23.7 Å². The van der Waals surface area contributed by atoms with Crippen LogP contribution in [0.4, 0.5) is 13.2 Å². The zero-order valence-corrected chi connectivity index (χ0v) is 11.6. The van der Waals surface area contributed by atoms with E-state index in [1.807, 2.05) is 0 Å². The first-order chi connectivity index (χ1) is 9.86. The summed E-state index contributed by atoms with van der Waals surface area (Å²) in [5, 5.41) is 14.9. The molecule has 1 N–H and O–H groups in total. The molecular weight excluding hydrogens is 303 g/mol. The number of nitrogens with zero attached hydrogens (tertiary/aromatic N) is 3. The van der Waals surface area contributed by atoms with Gasteiger partial charge in [0.05, 0.1) is 11.7 Å². The maximum atomic E-state index is 12.5. The molecule has 3 rings (SSSR count). The quantitative estimate of drug-likeness (QED) is 0.790. The van der Waals surface area contributed by atoms with E-state index in [0.717, 1.165) is 16.9 Å². The molecule has 21 heavy (non-hydrogen) atoms. The number of rotatable bonds is 2. The summed E-state index contributed by atoms with van der Waals surface area (Å²) >= 11 is 0.871. The van der Waals surface area contributed by atoms with Crippen LogP contribution in [0, 0.1) is 0 Å². The molecule has 110 valence electrons. The third kappa shape index (κ3) is 2.52. The highest BCUT2D eigenvalue weighted by atomic mass is 32.1. The summed E-state index contributed by atoms with van der Waals surface area (Å²) in [6.07, 6.45) is -3.92. The first kappa shape index (κ1) is 14.0. The maximum absolute atomic E-state index is 12.5. The van der Waals surface area contributed by atoms with Crippen LogP contribution >= 0.6 is 11.3 Å². The minimum absolute atomic E-state index is 0.136. The molecule has 0 unspecified atom stereocenters. The summed E-state index contributed by atoms with van der Waals surface area (Å²) in [6, 6.07) is 3.14. The predicted octanol–water partition coefficient (Wildman–Crippen LogP) is 3.29. The Balaban J connectivity index is 1.99. The summed E-state index contributed by atoms with van der Waals surface area (Å²) in [6.45, 7) is 0. The van der Waals surface area contributed by atoms with Crippen molar-refractivity contribution in [2.24, 2.45) is 7.05 Å². The molecule has 0 amide bonds. The molecule has 0 aromatic carbocycles. The summed E-state index contributed by atoms with van der Waals surface area (Å²) in [7, 11) is 1.76. The third-order valence-corrected chi connectivity index (χ3v) is 4.12. The highest BCUT2D eigenvalue weighted by molar-refractivity contribution is 7.10. The standard InChI is InChI=1S/C13H10F3N3OS/c1-19-10-2-7(4-17-9(10)5-18-19)8-3-11(21-6-8)12(20)13(14,15)16/h2-6,12,20H,1H3/t12-/m1/s1. The number of thiophene rings is 1. The second kappa shape index (κ2) is 4.81. The second-order valence-corrected chi connectivity index (χ2v) is 5.52. The highest BCUT2D eigenvalue weighted by Crippen LogP contribution is 2.37. The monoisotopic (exact) mass is 313 g/mol. The van der Waals surface area contributed by atoms with Crippen molar-refractivity contribution >= 4 is 22.4 Å². The van der Waals surface area contributed by atoms with Gasteiger partial charge in [0.2, 0.25) is 0 Å². The van der Waals surface area contributed by atoms with E-state index < -0.39 is 12.3 Å². The van der Waals surface area contributed by atoms with Crippen LogP contribution in [0.15, 0.2) is 29.9 Å². The van der Waals surface area contributed by atoms with Crippen LogP contribution < -0.4 is 0 Å². The lowest BCUT2D eigenvalue weighted by molar-refractivity contribution is -0.205. The van der Waals surface area contributed by atoms with Crippen molar-refractivity contribution in [3.63, 3.8) is 0 Å². The fourth-order valence-electron chi connectivity index (χ4n) is 1.99. The van der Waals surface area contributed by atoms with E-state index in [2.05, 4.69) is 10.1 Å². The Hall–Kier alpha value is -1.93. The average molecular weight is 313 g/mol. The van der Waals surface area contributed by atoms with Crippen molar-refractivity contribution in [1.29, 1.82) is 0 Å². The summed E-state index contributed by atoms with van der Waals surface area (Å²) in [4.78, 5) is 4.08. The minimum atomic E-state index is -4.66. The predicted molar refractivity (Wildman–Crippen MR) is 72.8 cm³/mol. The SMILES string of the molecule is Cn1ncc2ncc(-c3csc([C@@H](O)C(F)(F)F)c3)cc21. The van der Waals surface area contributed by atoms with Crippen LogP contribution in [0.25, 0.3) is 22.2 Å². The van der Waals surface area contributed by atoms with E-state index >= 15 is 0 Å². The molecule has 0 aliphatic heterocycles. The number of fused-ring (bicyclic) bond motifs is 1. The molecule has 4 nitrogen and oxygen atoms in total. The Bertz CT molecular complexity index is 793. The van der Waals surface area contributed by atoms with Crippen LogP contribution in [-0.4, -0.2) is 26.0 Å². The lowest BCUT2D eigenvalue weighted by atomic mass is 10.1. The van der Waals surface area contributed by atoms with Crippen LogP contribution in [0.1, 0.15) is 11.0 Å². The summed E-state index contributed by atoms with van der Waals surface area (Å²) in [5.74, 6) is 0. The summed E-state index contributed by atoms with van der Waals surface area (Å²) in [5.41, 5.74) is 2.78. The lowest BCUT2D eigenvalue weighted by Gasteiger charge is -2.11. The molecule has 0 fully saturated rings. The van der Waals surface area contributed by atoms with Gasteiger partial charge in [-0.3, -0.25) is 9.67 Å². The van der Waals surface area contributed by atoms with Crippen molar-refractivity contribution in [3.05, 3.63) is 34.8 Å². The van der Waals surface area contributed by atoms with Crippen molar-refractivity contribution in [1.82, 2.24) is 14.8 Å². The maximum Gasteiger partial charge on any atom is 0.419 e. The fraction of sp³-hybridized carbons (Fsp3) is 0.231. The van der Waals surface area contributed by atoms with Gasteiger partial charge < -0.3 is 5.11 Å². The molecule has 3 aromatic rings. The average Bonchev–Trinajstić information content (AvgIpc) is 3.04. The van der Waals surface area contributed by atoms with Crippen LogP contribution in [0.5, 0.6) is 0 Å². The number of aromatic nitrogens is 3. The Labute approximate surface area is 121 Å². The smallest absolute Gasteiger partial charge is 0.379 e. The molecule has 1 atom stereocenters. The first-order valence-corrected chi connectivity index (χ1v) is 6.85. The molecule has 0 bridgehead atoms. The van der Waals surface area contributed by atoms with E-state index in [0.29, 0.717) is 16.6 Å². The van der Waals surface area contributed by atoms with Crippen molar-refractivity contribution < 1.29 is 18.3 Å². The number of halogens is 3. The number of aliphatic hydroxyl groups is 1. The van der Waals surface area contributed by atoms with E-state index in [4.69, 9.17) is 0 Å². The first-order valence-electron chi connectivity index (χ1n) is 5.97. The van der Waals surface area contributed by atoms with Crippen LogP contribution in [0.3, 0.4) is 0 Å². The largest absolute Gasteiger partial charge is 0.419 e. The van der Waals surface area contributed by atoms with Gasteiger partial charge in [-0.25, -0.2) is 0 Å². The Morgan fingerprint density at radius 3 is 2.71 bits per heavy atom. The normalized spacial score (nSPS) is 13.8. The number of hydrogen-bond donors (Lipinski definition) is 1. The molecule has 0 spiro atoms. The van der Waals surface area contributed by atoms with Gasteiger partial charge in [-0.15, -0.1) is 11.3 Å². The van der Waals surface area contributed by atoms with E-state index in [-0.39, 0.29) is 4.88 Å². The Morgan fingerprint density at radius 2 is 2.00 bits per heavy atom. The van der Waals surface area contributed by atoms with Gasteiger partial charge in [0.1, 0.15) is 5.52 Å². The van der Waals surface area contributed by atoms with Gasteiger partial charge in [0.25, 0.3) is 0 Å². The molecule has 3 heterocycles. The Morgan fingerprint density at radius 1 is 1.24 bits per heavy atom. The minimum Gasteiger partial charge on any atom is -0.379 e. The summed E-state index contributed by atoms with van der Waals surface area (Å²) < 4.78 is 39.1. The number of aryl methyl sites for hydroxylation is 1. The van der Waals surface area contributed by atoms with Crippen molar-refractivity contribution in [2.75, 3.05) is 0 Å². The molecule has 0 saturated carbocycles. The van der Waals surface area contributed by atoms with Crippen molar-refractivity contribution in [3.8, 4) is 11.1 Å². The molecule has 0 aliphatic rings.